The number of nitro benzene ring substituents is 1. The van der Waals surface area contributed by atoms with Gasteiger partial charge in [0, 0.05) is 29.5 Å². The minimum atomic E-state index is -4.65. The number of nitrogens with one attached hydrogen (secondary N) is 1. The highest BCUT2D eigenvalue weighted by molar-refractivity contribution is 9.10. The Balaban J connectivity index is 1.70. The first-order valence-electron chi connectivity index (χ1n) is 8.83. The fourth-order valence-corrected chi connectivity index (χ4v) is 3.68. The molecule has 1 fully saturated rings. The second-order valence-electron chi connectivity index (χ2n) is 6.69. The van der Waals surface area contributed by atoms with Gasteiger partial charge < -0.3 is 10.2 Å². The van der Waals surface area contributed by atoms with Crippen LogP contribution in [0.4, 0.5) is 30.2 Å². The fraction of sp³-hybridized carbons (Fsp3) is 0.316. The number of halogens is 4. The summed E-state index contributed by atoms with van der Waals surface area (Å²) in [7, 11) is 0. The summed E-state index contributed by atoms with van der Waals surface area (Å²) in [5, 5.41) is 14.1. The lowest BCUT2D eigenvalue weighted by Crippen LogP contribution is -2.38. The number of hydrogen-bond donors (Lipinski definition) is 1. The van der Waals surface area contributed by atoms with Crippen LogP contribution in [-0.4, -0.2) is 23.9 Å². The van der Waals surface area contributed by atoms with Crippen molar-refractivity contribution in [2.45, 2.75) is 19.0 Å². The molecule has 2 aromatic rings. The predicted octanol–water partition coefficient (Wildman–Crippen LogP) is 5.23. The third-order valence-electron chi connectivity index (χ3n) is 4.84. The molecule has 0 aliphatic carbocycles. The van der Waals surface area contributed by atoms with Crippen LogP contribution in [0.5, 0.6) is 0 Å². The standard InChI is InChI=1S/C19H17BrF3N3O3/c20-14-3-1-2-4-15(14)24-18(27)12-7-9-25(10-8-12)16-6-5-13(19(21,22)23)11-17(16)26(28)29/h1-6,11-12H,7-10H2,(H,24,27). The molecule has 0 atom stereocenters. The van der Waals surface area contributed by atoms with Gasteiger partial charge in [-0.2, -0.15) is 13.2 Å². The maximum absolute atomic E-state index is 12.9. The van der Waals surface area contributed by atoms with Gasteiger partial charge in [-0.05, 0) is 53.0 Å². The van der Waals surface area contributed by atoms with Crippen molar-refractivity contribution < 1.29 is 22.9 Å². The Kier molecular flexibility index (Phi) is 6.11. The lowest BCUT2D eigenvalue weighted by Gasteiger charge is -2.32. The summed E-state index contributed by atoms with van der Waals surface area (Å²) in [6.07, 6.45) is -3.77. The SMILES string of the molecule is O=C(Nc1ccccc1Br)C1CCN(c2ccc(C(F)(F)F)cc2[N+](=O)[O-])CC1. The topological polar surface area (TPSA) is 75.5 Å². The molecule has 6 nitrogen and oxygen atoms in total. The molecule has 0 aromatic heterocycles. The first kappa shape index (κ1) is 21.1. The number of piperidine rings is 1. The molecular formula is C19H17BrF3N3O3. The number of hydrogen-bond acceptors (Lipinski definition) is 4. The molecule has 1 saturated heterocycles. The van der Waals surface area contributed by atoms with E-state index >= 15 is 0 Å². The first-order chi connectivity index (χ1) is 13.7. The molecule has 1 aliphatic heterocycles. The monoisotopic (exact) mass is 471 g/mol. The lowest BCUT2D eigenvalue weighted by atomic mass is 9.95. The van der Waals surface area contributed by atoms with E-state index < -0.39 is 22.4 Å². The third-order valence-corrected chi connectivity index (χ3v) is 5.53. The number of nitro groups is 1. The van der Waals surface area contributed by atoms with Crippen LogP contribution in [0.2, 0.25) is 0 Å². The molecule has 0 radical (unpaired) electrons. The van der Waals surface area contributed by atoms with E-state index in [0.717, 1.165) is 16.6 Å². The summed E-state index contributed by atoms with van der Waals surface area (Å²) in [6, 6.07) is 9.73. The molecule has 3 rings (SSSR count). The molecule has 0 unspecified atom stereocenters. The number of anilines is 2. The fourth-order valence-electron chi connectivity index (χ4n) is 3.29. The minimum Gasteiger partial charge on any atom is -0.366 e. The molecule has 154 valence electrons. The number of carbonyl (C=O) groups excluding carboxylic acids is 1. The van der Waals surface area contributed by atoms with E-state index in [-0.39, 0.29) is 17.5 Å². The van der Waals surface area contributed by atoms with Crippen LogP contribution in [-0.2, 0) is 11.0 Å². The molecule has 1 amide bonds. The molecule has 1 N–H and O–H groups in total. The zero-order chi connectivity index (χ0) is 21.2. The molecule has 29 heavy (non-hydrogen) atoms. The van der Waals surface area contributed by atoms with Crippen molar-refractivity contribution in [1.29, 1.82) is 0 Å². The Morgan fingerprint density at radius 2 is 1.83 bits per heavy atom. The van der Waals surface area contributed by atoms with Crippen LogP contribution in [0.1, 0.15) is 18.4 Å². The number of nitrogens with zero attached hydrogens (tertiary/aromatic N) is 2. The van der Waals surface area contributed by atoms with E-state index in [9.17, 15) is 28.1 Å². The third kappa shape index (κ3) is 4.87. The molecule has 10 heteroatoms. The van der Waals surface area contributed by atoms with Crippen LogP contribution >= 0.6 is 15.9 Å². The van der Waals surface area contributed by atoms with Crippen molar-refractivity contribution in [3.05, 3.63) is 62.6 Å². The Morgan fingerprint density at radius 1 is 1.17 bits per heavy atom. The van der Waals surface area contributed by atoms with Crippen molar-refractivity contribution in [3.8, 4) is 0 Å². The predicted molar refractivity (Wildman–Crippen MR) is 106 cm³/mol. The number of alkyl halides is 3. The lowest BCUT2D eigenvalue weighted by molar-refractivity contribution is -0.384. The zero-order valence-electron chi connectivity index (χ0n) is 15.1. The summed E-state index contributed by atoms with van der Waals surface area (Å²) in [4.78, 5) is 24.6. The van der Waals surface area contributed by atoms with Crippen LogP contribution in [0, 0.1) is 16.0 Å². The van der Waals surface area contributed by atoms with Gasteiger partial charge in [0.1, 0.15) is 5.69 Å². The summed E-state index contributed by atoms with van der Waals surface area (Å²) in [5.41, 5.74) is -0.863. The highest BCUT2D eigenvalue weighted by atomic mass is 79.9. The number of para-hydroxylation sites is 1. The Morgan fingerprint density at radius 3 is 2.41 bits per heavy atom. The van der Waals surface area contributed by atoms with Crippen molar-refractivity contribution in [3.63, 3.8) is 0 Å². The maximum atomic E-state index is 12.9. The Labute approximate surface area is 173 Å². The quantitative estimate of drug-likeness (QED) is 0.489. The van der Waals surface area contributed by atoms with Crippen LogP contribution in [0.25, 0.3) is 0 Å². The van der Waals surface area contributed by atoms with E-state index in [1.54, 1.807) is 17.0 Å². The van der Waals surface area contributed by atoms with Crippen LogP contribution in [0.15, 0.2) is 46.9 Å². The molecular weight excluding hydrogens is 455 g/mol. The van der Waals surface area contributed by atoms with Gasteiger partial charge >= 0.3 is 6.18 Å². The van der Waals surface area contributed by atoms with Crippen LogP contribution < -0.4 is 10.2 Å². The molecule has 0 spiro atoms. The Bertz CT molecular complexity index is 928. The highest BCUT2D eigenvalue weighted by Gasteiger charge is 2.35. The number of carbonyl (C=O) groups is 1. The highest BCUT2D eigenvalue weighted by Crippen LogP contribution is 2.37. The molecule has 1 aliphatic rings. The van der Waals surface area contributed by atoms with Crippen molar-refractivity contribution in [2.24, 2.45) is 5.92 Å². The molecule has 0 saturated carbocycles. The maximum Gasteiger partial charge on any atom is 0.416 e. The second kappa shape index (κ2) is 8.40. The van der Waals surface area contributed by atoms with Crippen LogP contribution in [0.3, 0.4) is 0 Å². The second-order valence-corrected chi connectivity index (χ2v) is 7.54. The summed E-state index contributed by atoms with van der Waals surface area (Å²) >= 11 is 3.36. The first-order valence-corrected chi connectivity index (χ1v) is 9.62. The van der Waals surface area contributed by atoms with Gasteiger partial charge in [0.2, 0.25) is 5.91 Å². The van der Waals surface area contributed by atoms with Gasteiger partial charge in [-0.3, -0.25) is 14.9 Å². The summed E-state index contributed by atoms with van der Waals surface area (Å²) < 4.78 is 39.4. The Hall–Kier alpha value is -2.62. The van der Waals surface area contributed by atoms with Gasteiger partial charge in [0.05, 0.1) is 16.2 Å². The van der Waals surface area contributed by atoms with Crippen molar-refractivity contribution in [2.75, 3.05) is 23.3 Å². The molecule has 0 bridgehead atoms. The summed E-state index contributed by atoms with van der Waals surface area (Å²) in [5.74, 6) is -0.440. The minimum absolute atomic E-state index is 0.132. The largest absolute Gasteiger partial charge is 0.416 e. The average molecular weight is 472 g/mol. The van der Waals surface area contributed by atoms with E-state index in [1.165, 1.54) is 0 Å². The number of rotatable bonds is 4. The van der Waals surface area contributed by atoms with Gasteiger partial charge in [0.25, 0.3) is 5.69 Å². The van der Waals surface area contributed by atoms with E-state index in [4.69, 9.17) is 0 Å². The van der Waals surface area contributed by atoms with Gasteiger partial charge in [-0.1, -0.05) is 12.1 Å². The normalized spacial score (nSPS) is 15.2. The molecule has 2 aromatic carbocycles. The zero-order valence-corrected chi connectivity index (χ0v) is 16.7. The van der Waals surface area contributed by atoms with E-state index in [1.807, 2.05) is 12.1 Å². The van der Waals surface area contributed by atoms with E-state index in [2.05, 4.69) is 21.2 Å². The smallest absolute Gasteiger partial charge is 0.366 e. The summed E-state index contributed by atoms with van der Waals surface area (Å²) in [6.45, 7) is 0.667. The molecule has 1 heterocycles. The average Bonchev–Trinajstić information content (AvgIpc) is 2.68. The van der Waals surface area contributed by atoms with Crippen molar-refractivity contribution in [1.82, 2.24) is 0 Å². The number of amides is 1. The van der Waals surface area contributed by atoms with Crippen molar-refractivity contribution >= 4 is 38.9 Å². The van der Waals surface area contributed by atoms with Gasteiger partial charge in [-0.25, -0.2) is 0 Å². The number of benzene rings is 2. The van der Waals surface area contributed by atoms with Gasteiger partial charge in [-0.15, -0.1) is 0 Å². The van der Waals surface area contributed by atoms with E-state index in [0.29, 0.717) is 37.7 Å². The van der Waals surface area contributed by atoms with Gasteiger partial charge in [0.15, 0.2) is 0 Å².